The highest BCUT2D eigenvalue weighted by atomic mass is 32.2. The minimum absolute atomic E-state index is 0.168. The Kier molecular flexibility index (Phi) is 5.68. The molecule has 1 fully saturated rings. The van der Waals surface area contributed by atoms with Crippen LogP contribution in [0, 0.1) is 5.82 Å². The Labute approximate surface area is 154 Å². The maximum Gasteiger partial charge on any atom is 0.289 e. The van der Waals surface area contributed by atoms with Crippen LogP contribution in [0.2, 0.25) is 0 Å². The van der Waals surface area contributed by atoms with Gasteiger partial charge in [-0.2, -0.15) is 0 Å². The molecule has 2 aromatic carbocycles. The summed E-state index contributed by atoms with van der Waals surface area (Å²) in [5, 5.41) is 2.56. The van der Waals surface area contributed by atoms with E-state index in [4.69, 9.17) is 0 Å². The summed E-state index contributed by atoms with van der Waals surface area (Å²) < 4.78 is 12.9. The number of nitrogens with zero attached hydrogens (tertiary/aromatic N) is 1. The molecule has 26 heavy (non-hydrogen) atoms. The summed E-state index contributed by atoms with van der Waals surface area (Å²) in [6.45, 7) is 0.593. The van der Waals surface area contributed by atoms with Crippen LogP contribution in [-0.4, -0.2) is 34.3 Å². The van der Waals surface area contributed by atoms with Crippen LogP contribution in [0.3, 0.4) is 0 Å². The average molecular weight is 372 g/mol. The van der Waals surface area contributed by atoms with E-state index in [1.807, 2.05) is 0 Å². The lowest BCUT2D eigenvalue weighted by molar-refractivity contribution is -0.125. The first-order valence-electron chi connectivity index (χ1n) is 8.11. The van der Waals surface area contributed by atoms with Crippen molar-refractivity contribution in [1.29, 1.82) is 0 Å². The highest BCUT2D eigenvalue weighted by molar-refractivity contribution is 8.14. The van der Waals surface area contributed by atoms with Gasteiger partial charge in [-0.15, -0.1) is 0 Å². The lowest BCUT2D eigenvalue weighted by Gasteiger charge is -2.13. The monoisotopic (exact) mass is 372 g/mol. The molecule has 0 radical (unpaired) electrons. The predicted octanol–water partition coefficient (Wildman–Crippen LogP) is 2.99. The molecule has 0 unspecified atom stereocenters. The number of amides is 3. The van der Waals surface area contributed by atoms with Crippen molar-refractivity contribution in [2.45, 2.75) is 13.0 Å². The van der Waals surface area contributed by atoms with E-state index in [0.717, 1.165) is 22.9 Å². The number of carbonyl (C=O) groups excluding carboxylic acids is 3. The number of rotatable bonds is 6. The minimum atomic E-state index is -0.289. The lowest BCUT2D eigenvalue weighted by Crippen LogP contribution is -2.28. The number of thioether (sulfide) groups is 1. The Morgan fingerprint density at radius 2 is 1.88 bits per heavy atom. The first kappa shape index (κ1) is 18.1. The summed E-state index contributed by atoms with van der Waals surface area (Å²) in [5.74, 6) is -0.568. The molecule has 0 aliphatic carbocycles. The second-order valence-corrected chi connectivity index (χ2v) is 6.79. The fourth-order valence-corrected chi connectivity index (χ4v) is 3.33. The van der Waals surface area contributed by atoms with E-state index >= 15 is 0 Å². The fourth-order valence-electron chi connectivity index (χ4n) is 2.60. The van der Waals surface area contributed by atoms with E-state index in [1.165, 1.54) is 17.0 Å². The molecule has 0 bridgehead atoms. The molecule has 1 N–H and O–H groups in total. The molecule has 0 aromatic heterocycles. The summed E-state index contributed by atoms with van der Waals surface area (Å²) >= 11 is 0.988. The van der Waals surface area contributed by atoms with Crippen molar-refractivity contribution in [3.8, 4) is 0 Å². The summed E-state index contributed by atoms with van der Waals surface area (Å²) in [7, 11) is 0. The van der Waals surface area contributed by atoms with Crippen molar-refractivity contribution < 1.29 is 18.8 Å². The first-order valence-corrected chi connectivity index (χ1v) is 9.10. The predicted molar refractivity (Wildman–Crippen MR) is 97.3 cm³/mol. The Morgan fingerprint density at radius 1 is 1.12 bits per heavy atom. The van der Waals surface area contributed by atoms with Crippen LogP contribution in [0.5, 0.6) is 0 Å². The highest BCUT2D eigenvalue weighted by Crippen LogP contribution is 2.21. The fraction of sp³-hybridized carbons (Fsp3) is 0.211. The minimum Gasteiger partial charge on any atom is -0.352 e. The van der Waals surface area contributed by atoms with Crippen LogP contribution in [0.1, 0.15) is 21.5 Å². The average Bonchev–Trinajstić information content (AvgIpc) is 2.95. The zero-order chi connectivity index (χ0) is 18.5. The molecule has 1 heterocycles. The van der Waals surface area contributed by atoms with Crippen molar-refractivity contribution in [3.05, 3.63) is 71.0 Å². The lowest BCUT2D eigenvalue weighted by atomic mass is 10.1. The van der Waals surface area contributed by atoms with Gasteiger partial charge in [0.25, 0.3) is 11.1 Å². The Morgan fingerprint density at radius 3 is 2.58 bits per heavy atom. The molecule has 2 aromatic rings. The summed E-state index contributed by atoms with van der Waals surface area (Å²) in [6, 6.07) is 13.0. The molecular weight excluding hydrogens is 355 g/mol. The van der Waals surface area contributed by atoms with E-state index in [-0.39, 0.29) is 35.2 Å². The summed E-state index contributed by atoms with van der Waals surface area (Å²) in [6.07, 6.45) is 0.597. The molecule has 5 nitrogen and oxygen atoms in total. The van der Waals surface area contributed by atoms with Gasteiger partial charge in [0, 0.05) is 12.1 Å². The van der Waals surface area contributed by atoms with Crippen LogP contribution in [-0.2, 0) is 17.8 Å². The molecule has 0 saturated carbocycles. The van der Waals surface area contributed by atoms with Gasteiger partial charge in [-0.1, -0.05) is 36.0 Å². The number of nitrogens with one attached hydrogen (secondary N) is 1. The molecular formula is C19H17FN2O3S. The number of benzene rings is 2. The number of hydrogen-bond acceptors (Lipinski definition) is 4. The van der Waals surface area contributed by atoms with E-state index in [9.17, 15) is 18.8 Å². The van der Waals surface area contributed by atoms with Crippen LogP contribution < -0.4 is 5.32 Å². The van der Waals surface area contributed by atoms with Crippen molar-refractivity contribution in [2.24, 2.45) is 0 Å². The van der Waals surface area contributed by atoms with Crippen molar-refractivity contribution >= 4 is 28.8 Å². The van der Waals surface area contributed by atoms with Crippen LogP contribution in [0.15, 0.2) is 48.5 Å². The molecule has 3 amide bonds. The Hall–Kier alpha value is -2.67. The third-order valence-corrected chi connectivity index (χ3v) is 4.84. The highest BCUT2D eigenvalue weighted by Gasteiger charge is 2.29. The van der Waals surface area contributed by atoms with Gasteiger partial charge in [0.2, 0.25) is 5.91 Å². The zero-order valence-electron chi connectivity index (χ0n) is 13.9. The molecule has 7 heteroatoms. The van der Waals surface area contributed by atoms with Crippen molar-refractivity contribution in [2.75, 3.05) is 12.3 Å². The van der Waals surface area contributed by atoms with Crippen LogP contribution in [0.25, 0.3) is 0 Å². The third kappa shape index (κ3) is 4.49. The second kappa shape index (κ2) is 8.14. The van der Waals surface area contributed by atoms with Crippen molar-refractivity contribution in [1.82, 2.24) is 10.2 Å². The van der Waals surface area contributed by atoms with Gasteiger partial charge < -0.3 is 5.32 Å². The second-order valence-electron chi connectivity index (χ2n) is 5.87. The van der Waals surface area contributed by atoms with Gasteiger partial charge in [-0.25, -0.2) is 4.39 Å². The molecule has 134 valence electrons. The standard InChI is InChI=1S/C19H17FN2O3S/c20-16-6-4-13(5-7-16)8-9-21-18(24)15-3-1-2-14(10-15)11-22-17(23)12-26-19(22)25/h1-7,10H,8-9,11-12H2,(H,21,24). The van der Waals surface area contributed by atoms with Crippen LogP contribution in [0.4, 0.5) is 9.18 Å². The van der Waals surface area contributed by atoms with E-state index in [1.54, 1.807) is 36.4 Å². The molecule has 1 saturated heterocycles. The maximum absolute atomic E-state index is 12.9. The normalized spacial score (nSPS) is 14.0. The Bertz CT molecular complexity index is 823. The topological polar surface area (TPSA) is 66.5 Å². The van der Waals surface area contributed by atoms with Crippen molar-refractivity contribution in [3.63, 3.8) is 0 Å². The van der Waals surface area contributed by atoms with Gasteiger partial charge >= 0.3 is 0 Å². The smallest absolute Gasteiger partial charge is 0.289 e. The summed E-state index contributed by atoms with van der Waals surface area (Å²) in [5.41, 5.74) is 2.12. The van der Waals surface area contributed by atoms with E-state index in [0.29, 0.717) is 18.5 Å². The largest absolute Gasteiger partial charge is 0.352 e. The number of imide groups is 1. The maximum atomic E-state index is 12.9. The number of carbonyl (C=O) groups is 3. The SMILES string of the molecule is O=C(NCCc1ccc(F)cc1)c1cccc(CN2C(=O)CSC2=O)c1. The zero-order valence-corrected chi connectivity index (χ0v) is 14.7. The van der Waals surface area contributed by atoms with Gasteiger partial charge in [0.15, 0.2) is 0 Å². The van der Waals surface area contributed by atoms with Crippen LogP contribution >= 0.6 is 11.8 Å². The summed E-state index contributed by atoms with van der Waals surface area (Å²) in [4.78, 5) is 36.8. The van der Waals surface area contributed by atoms with E-state index < -0.39 is 0 Å². The Balaban J connectivity index is 1.56. The van der Waals surface area contributed by atoms with Gasteiger partial charge in [-0.05, 0) is 41.8 Å². The van der Waals surface area contributed by atoms with E-state index in [2.05, 4.69) is 5.32 Å². The van der Waals surface area contributed by atoms with Gasteiger partial charge in [0.05, 0.1) is 12.3 Å². The molecule has 0 atom stereocenters. The van der Waals surface area contributed by atoms with Gasteiger partial charge in [-0.3, -0.25) is 19.3 Å². The molecule has 1 aliphatic rings. The molecule has 1 aliphatic heterocycles. The quantitative estimate of drug-likeness (QED) is 0.847. The number of halogens is 1. The first-order chi connectivity index (χ1) is 12.5. The van der Waals surface area contributed by atoms with Gasteiger partial charge in [0.1, 0.15) is 5.82 Å². The number of hydrogen-bond donors (Lipinski definition) is 1. The third-order valence-electron chi connectivity index (χ3n) is 3.98. The molecule has 0 spiro atoms. The molecule has 3 rings (SSSR count).